The fourth-order valence-corrected chi connectivity index (χ4v) is 2.32. The Hall–Kier alpha value is -2.04. The fourth-order valence-electron chi connectivity index (χ4n) is 2.32. The van der Waals surface area contributed by atoms with Crippen molar-refractivity contribution < 1.29 is 9.59 Å². The molecule has 0 atom stereocenters. The molecule has 0 spiro atoms. The summed E-state index contributed by atoms with van der Waals surface area (Å²) in [5.74, 6) is -0.132. The van der Waals surface area contributed by atoms with E-state index in [1.54, 1.807) is 12.1 Å². The number of carbonyl (C=O) groups excluding carboxylic acids is 2. The second kappa shape index (κ2) is 11.5. The molecule has 0 heterocycles. The number of carbonyl (C=O) groups is 2. The molecule has 24 heavy (non-hydrogen) atoms. The first-order valence-electron chi connectivity index (χ1n) is 8.94. The summed E-state index contributed by atoms with van der Waals surface area (Å²) >= 11 is 0. The zero-order valence-electron chi connectivity index (χ0n) is 15.2. The van der Waals surface area contributed by atoms with E-state index in [-0.39, 0.29) is 24.4 Å². The lowest BCUT2D eigenvalue weighted by atomic mass is 10.1. The molecule has 0 aliphatic carbocycles. The lowest BCUT2D eigenvalue weighted by molar-refractivity contribution is -0.119. The summed E-state index contributed by atoms with van der Waals surface area (Å²) in [5.41, 5.74) is 1.36. The highest BCUT2D eigenvalue weighted by Crippen LogP contribution is 2.10. The molecule has 5 nitrogen and oxygen atoms in total. The van der Waals surface area contributed by atoms with Gasteiger partial charge >= 0.3 is 0 Å². The van der Waals surface area contributed by atoms with Gasteiger partial charge in [0.2, 0.25) is 5.91 Å². The molecule has 3 N–H and O–H groups in total. The number of hydrogen-bond donors (Lipinski definition) is 3. The minimum absolute atomic E-state index is 0.0254. The minimum atomic E-state index is -0.106. The van der Waals surface area contributed by atoms with Crippen molar-refractivity contribution in [1.29, 1.82) is 0 Å². The van der Waals surface area contributed by atoms with Gasteiger partial charge in [-0.15, -0.1) is 0 Å². The molecule has 1 aromatic carbocycles. The molecule has 2 amide bonds. The second-order valence-corrected chi connectivity index (χ2v) is 6.33. The highest BCUT2D eigenvalue weighted by atomic mass is 16.2. The predicted octanol–water partition coefficient (Wildman–Crippen LogP) is 3.32. The maximum Gasteiger partial charge on any atom is 0.251 e. The quantitative estimate of drug-likeness (QED) is 0.544. The second-order valence-electron chi connectivity index (χ2n) is 6.33. The largest absolute Gasteiger partial charge is 0.376 e. The van der Waals surface area contributed by atoms with Gasteiger partial charge in [0.15, 0.2) is 0 Å². The average molecular weight is 333 g/mol. The van der Waals surface area contributed by atoms with Crippen molar-refractivity contribution in [3.63, 3.8) is 0 Å². The third kappa shape index (κ3) is 8.56. The molecule has 0 aliphatic rings. The summed E-state index contributed by atoms with van der Waals surface area (Å²) in [6, 6.07) is 7.28. The molecule has 5 heteroatoms. The molecule has 134 valence electrons. The van der Waals surface area contributed by atoms with E-state index < -0.39 is 0 Å². The lowest BCUT2D eigenvalue weighted by Crippen LogP contribution is -2.31. The molecule has 0 saturated heterocycles. The standard InChI is InChI=1S/C19H31N3O2/c1-4-5-6-7-8-12-20-18(23)14-21-17-11-9-10-16(13-17)19(24)22-15(2)3/h9-11,13,15,21H,4-8,12,14H2,1-3H3,(H,20,23)(H,22,24). The van der Waals surface area contributed by atoms with Gasteiger partial charge in [-0.25, -0.2) is 0 Å². The Morgan fingerprint density at radius 1 is 1.08 bits per heavy atom. The Morgan fingerprint density at radius 2 is 1.83 bits per heavy atom. The number of nitrogens with one attached hydrogen (secondary N) is 3. The van der Waals surface area contributed by atoms with E-state index in [2.05, 4.69) is 22.9 Å². The Morgan fingerprint density at radius 3 is 2.54 bits per heavy atom. The summed E-state index contributed by atoms with van der Waals surface area (Å²) in [5, 5.41) is 8.83. The van der Waals surface area contributed by atoms with E-state index in [9.17, 15) is 9.59 Å². The van der Waals surface area contributed by atoms with E-state index in [1.165, 1.54) is 19.3 Å². The Labute approximate surface area is 145 Å². The van der Waals surface area contributed by atoms with Crippen molar-refractivity contribution in [3.8, 4) is 0 Å². The van der Waals surface area contributed by atoms with E-state index in [4.69, 9.17) is 0 Å². The predicted molar refractivity (Wildman–Crippen MR) is 99.3 cm³/mol. The molecule has 0 saturated carbocycles. The number of amides is 2. The molecular weight excluding hydrogens is 302 g/mol. The first kappa shape index (κ1) is 20.0. The van der Waals surface area contributed by atoms with Crippen LogP contribution in [-0.2, 0) is 4.79 Å². The summed E-state index contributed by atoms with van der Waals surface area (Å²) < 4.78 is 0. The maximum absolute atomic E-state index is 12.0. The normalized spacial score (nSPS) is 10.5. The van der Waals surface area contributed by atoms with Gasteiger partial charge in [0.05, 0.1) is 6.54 Å². The molecule has 0 aliphatic heterocycles. The van der Waals surface area contributed by atoms with Crippen molar-refractivity contribution in [2.75, 3.05) is 18.4 Å². The molecule has 0 bridgehead atoms. The third-order valence-corrected chi connectivity index (χ3v) is 3.60. The minimum Gasteiger partial charge on any atom is -0.376 e. The van der Waals surface area contributed by atoms with Gasteiger partial charge < -0.3 is 16.0 Å². The van der Waals surface area contributed by atoms with Crippen molar-refractivity contribution in [3.05, 3.63) is 29.8 Å². The molecule has 1 rings (SSSR count). The molecular formula is C19H31N3O2. The molecule has 0 radical (unpaired) electrons. The van der Waals surface area contributed by atoms with Crippen LogP contribution >= 0.6 is 0 Å². The zero-order valence-corrected chi connectivity index (χ0v) is 15.2. The Bertz CT molecular complexity index is 515. The van der Waals surface area contributed by atoms with Crippen LogP contribution in [0.2, 0.25) is 0 Å². The van der Waals surface area contributed by atoms with Crippen LogP contribution in [0.1, 0.15) is 63.2 Å². The number of hydrogen-bond acceptors (Lipinski definition) is 3. The van der Waals surface area contributed by atoms with Gasteiger partial charge in [-0.2, -0.15) is 0 Å². The third-order valence-electron chi connectivity index (χ3n) is 3.60. The van der Waals surface area contributed by atoms with Gasteiger partial charge in [-0.1, -0.05) is 38.7 Å². The van der Waals surface area contributed by atoms with Gasteiger partial charge in [0, 0.05) is 23.8 Å². The van der Waals surface area contributed by atoms with Crippen LogP contribution in [-0.4, -0.2) is 30.9 Å². The number of benzene rings is 1. The van der Waals surface area contributed by atoms with E-state index >= 15 is 0 Å². The molecule has 0 aromatic heterocycles. The van der Waals surface area contributed by atoms with Gasteiger partial charge in [-0.05, 0) is 38.5 Å². The number of unbranched alkanes of at least 4 members (excludes halogenated alkanes) is 4. The Balaban J connectivity index is 2.31. The topological polar surface area (TPSA) is 70.2 Å². The van der Waals surface area contributed by atoms with Crippen molar-refractivity contribution in [1.82, 2.24) is 10.6 Å². The van der Waals surface area contributed by atoms with Crippen molar-refractivity contribution in [2.45, 2.75) is 58.9 Å². The van der Waals surface area contributed by atoms with Gasteiger partial charge in [-0.3, -0.25) is 9.59 Å². The van der Waals surface area contributed by atoms with Gasteiger partial charge in [0.1, 0.15) is 0 Å². The van der Waals surface area contributed by atoms with Crippen LogP contribution in [0, 0.1) is 0 Å². The van der Waals surface area contributed by atoms with Crippen LogP contribution in [0.3, 0.4) is 0 Å². The van der Waals surface area contributed by atoms with Crippen LogP contribution in [0.4, 0.5) is 5.69 Å². The average Bonchev–Trinajstić information content (AvgIpc) is 2.56. The first-order chi connectivity index (χ1) is 11.5. The van der Waals surface area contributed by atoms with E-state index in [0.29, 0.717) is 5.56 Å². The highest BCUT2D eigenvalue weighted by molar-refractivity contribution is 5.95. The number of rotatable bonds is 11. The van der Waals surface area contributed by atoms with Crippen LogP contribution in [0.25, 0.3) is 0 Å². The number of anilines is 1. The fraction of sp³-hybridized carbons (Fsp3) is 0.579. The molecule has 0 fully saturated rings. The lowest BCUT2D eigenvalue weighted by Gasteiger charge is -2.11. The van der Waals surface area contributed by atoms with Gasteiger partial charge in [0.25, 0.3) is 5.91 Å². The van der Waals surface area contributed by atoms with E-state index in [0.717, 1.165) is 25.1 Å². The first-order valence-corrected chi connectivity index (χ1v) is 8.94. The molecule has 1 aromatic rings. The van der Waals surface area contributed by atoms with Crippen molar-refractivity contribution >= 4 is 17.5 Å². The van der Waals surface area contributed by atoms with Crippen LogP contribution in [0.15, 0.2) is 24.3 Å². The van der Waals surface area contributed by atoms with Crippen molar-refractivity contribution in [2.24, 2.45) is 0 Å². The summed E-state index contributed by atoms with van der Waals surface area (Å²) in [6.45, 7) is 6.97. The maximum atomic E-state index is 12.0. The smallest absolute Gasteiger partial charge is 0.251 e. The van der Waals surface area contributed by atoms with Crippen LogP contribution < -0.4 is 16.0 Å². The summed E-state index contributed by atoms with van der Waals surface area (Å²) in [4.78, 5) is 23.8. The summed E-state index contributed by atoms with van der Waals surface area (Å²) in [7, 11) is 0. The molecule has 0 unspecified atom stereocenters. The zero-order chi connectivity index (χ0) is 17.8. The highest BCUT2D eigenvalue weighted by Gasteiger charge is 2.08. The monoisotopic (exact) mass is 333 g/mol. The Kier molecular flexibility index (Phi) is 9.58. The van der Waals surface area contributed by atoms with E-state index in [1.807, 2.05) is 26.0 Å². The SMILES string of the molecule is CCCCCCCNC(=O)CNc1cccc(C(=O)NC(C)C)c1. The van der Waals surface area contributed by atoms with Crippen LogP contribution in [0.5, 0.6) is 0 Å². The summed E-state index contributed by atoms with van der Waals surface area (Å²) in [6.07, 6.45) is 5.90.